The molecule has 4 heteroatoms. The van der Waals surface area contributed by atoms with E-state index in [9.17, 15) is 4.79 Å². The van der Waals surface area contributed by atoms with Gasteiger partial charge in [0, 0.05) is 28.9 Å². The van der Waals surface area contributed by atoms with Gasteiger partial charge >= 0.3 is 0 Å². The molecule has 3 nitrogen and oxygen atoms in total. The number of hydrogen-bond donors (Lipinski definition) is 2. The highest BCUT2D eigenvalue weighted by Gasteiger charge is 2.22. The van der Waals surface area contributed by atoms with Crippen molar-refractivity contribution in [2.45, 2.75) is 38.3 Å². The Morgan fingerprint density at radius 3 is 3.19 bits per heavy atom. The summed E-state index contributed by atoms with van der Waals surface area (Å²) in [5.41, 5.74) is 0.912. The number of amides is 1. The van der Waals surface area contributed by atoms with E-state index in [2.05, 4.69) is 16.7 Å². The van der Waals surface area contributed by atoms with Gasteiger partial charge in [-0.15, -0.1) is 11.3 Å². The van der Waals surface area contributed by atoms with Crippen LogP contribution in [0.25, 0.3) is 0 Å². The summed E-state index contributed by atoms with van der Waals surface area (Å²) in [6, 6.07) is 2.80. The number of carbonyl (C=O) groups excluding carboxylic acids is 1. The van der Waals surface area contributed by atoms with Gasteiger partial charge in [-0.2, -0.15) is 0 Å². The van der Waals surface area contributed by atoms with E-state index in [1.807, 2.05) is 0 Å². The van der Waals surface area contributed by atoms with Crippen LogP contribution in [-0.2, 0) is 13.0 Å². The van der Waals surface area contributed by atoms with Gasteiger partial charge in [-0.05, 0) is 31.7 Å². The first-order valence-corrected chi connectivity index (χ1v) is 6.78. The number of thiophene rings is 1. The largest absolute Gasteiger partial charge is 0.352 e. The average molecular weight is 236 g/mol. The van der Waals surface area contributed by atoms with Gasteiger partial charge in [-0.25, -0.2) is 0 Å². The molecule has 0 saturated heterocycles. The minimum Gasteiger partial charge on any atom is -0.352 e. The lowest BCUT2D eigenvalue weighted by molar-refractivity contribution is 0.0956. The SMILES string of the molecule is O=C1NCCCc2sc(CNC3CC3)cc21. The van der Waals surface area contributed by atoms with Crippen LogP contribution >= 0.6 is 11.3 Å². The highest BCUT2D eigenvalue weighted by Crippen LogP contribution is 2.27. The normalized spacial score (nSPS) is 20.1. The maximum atomic E-state index is 11.7. The maximum absolute atomic E-state index is 11.7. The van der Waals surface area contributed by atoms with Gasteiger partial charge in [-0.1, -0.05) is 0 Å². The molecule has 1 fully saturated rings. The van der Waals surface area contributed by atoms with Gasteiger partial charge in [0.25, 0.3) is 5.91 Å². The van der Waals surface area contributed by atoms with Gasteiger partial charge in [0.1, 0.15) is 0 Å². The Balaban J connectivity index is 1.75. The third-order valence-electron chi connectivity index (χ3n) is 3.11. The molecule has 1 aromatic rings. The first-order chi connectivity index (χ1) is 7.83. The molecule has 0 spiro atoms. The Bertz CT molecular complexity index is 409. The van der Waals surface area contributed by atoms with Crippen LogP contribution < -0.4 is 10.6 Å². The number of fused-ring (bicyclic) bond motifs is 1. The van der Waals surface area contributed by atoms with Gasteiger partial charge in [0.05, 0.1) is 5.56 Å². The fourth-order valence-electron chi connectivity index (χ4n) is 2.03. The molecule has 16 heavy (non-hydrogen) atoms. The molecule has 3 rings (SSSR count). The van der Waals surface area contributed by atoms with Gasteiger partial charge in [0.2, 0.25) is 0 Å². The van der Waals surface area contributed by atoms with Crippen LogP contribution in [0.3, 0.4) is 0 Å². The predicted octanol–water partition coefficient (Wildman–Crippen LogP) is 1.68. The second kappa shape index (κ2) is 4.18. The van der Waals surface area contributed by atoms with Crippen molar-refractivity contribution in [1.82, 2.24) is 10.6 Å². The third kappa shape index (κ3) is 2.13. The summed E-state index contributed by atoms with van der Waals surface area (Å²) in [5.74, 6) is 0.112. The van der Waals surface area contributed by atoms with Crippen molar-refractivity contribution in [3.8, 4) is 0 Å². The molecule has 1 aliphatic carbocycles. The first kappa shape index (κ1) is 10.3. The topological polar surface area (TPSA) is 41.1 Å². The van der Waals surface area contributed by atoms with Crippen LogP contribution in [0.15, 0.2) is 6.07 Å². The van der Waals surface area contributed by atoms with E-state index < -0.39 is 0 Å². The molecule has 0 aromatic carbocycles. The van der Waals surface area contributed by atoms with Crippen molar-refractivity contribution in [1.29, 1.82) is 0 Å². The van der Waals surface area contributed by atoms with E-state index in [1.165, 1.54) is 22.6 Å². The lowest BCUT2D eigenvalue weighted by atomic mass is 10.2. The summed E-state index contributed by atoms with van der Waals surface area (Å²) >= 11 is 1.80. The van der Waals surface area contributed by atoms with Crippen LogP contribution in [0, 0.1) is 0 Å². The molecule has 86 valence electrons. The smallest absolute Gasteiger partial charge is 0.252 e. The summed E-state index contributed by atoms with van der Waals surface area (Å²) < 4.78 is 0. The Labute approximate surface area is 99.2 Å². The summed E-state index contributed by atoms with van der Waals surface area (Å²) in [6.45, 7) is 1.74. The van der Waals surface area contributed by atoms with Crippen LogP contribution in [0.5, 0.6) is 0 Å². The maximum Gasteiger partial charge on any atom is 0.252 e. The predicted molar refractivity (Wildman–Crippen MR) is 64.8 cm³/mol. The summed E-state index contributed by atoms with van der Waals surface area (Å²) in [6.07, 6.45) is 4.73. The molecular weight excluding hydrogens is 220 g/mol. The minimum atomic E-state index is 0.112. The van der Waals surface area contributed by atoms with E-state index in [4.69, 9.17) is 0 Å². The highest BCUT2D eigenvalue weighted by molar-refractivity contribution is 7.12. The molecule has 0 radical (unpaired) electrons. The number of aryl methyl sites for hydroxylation is 1. The van der Waals surface area contributed by atoms with E-state index >= 15 is 0 Å². The Morgan fingerprint density at radius 2 is 2.38 bits per heavy atom. The fraction of sp³-hybridized carbons (Fsp3) is 0.583. The Kier molecular flexibility index (Phi) is 2.69. The molecule has 0 bridgehead atoms. The van der Waals surface area contributed by atoms with E-state index in [0.717, 1.165) is 37.5 Å². The fourth-order valence-corrected chi connectivity index (χ4v) is 3.18. The van der Waals surface area contributed by atoms with Crippen molar-refractivity contribution in [3.05, 3.63) is 21.4 Å². The molecule has 2 heterocycles. The molecular formula is C12H16N2OS. The lowest BCUT2D eigenvalue weighted by Gasteiger charge is -1.99. The molecule has 0 atom stereocenters. The molecule has 0 unspecified atom stereocenters. The van der Waals surface area contributed by atoms with E-state index in [1.54, 1.807) is 11.3 Å². The molecule has 1 amide bonds. The van der Waals surface area contributed by atoms with Crippen LogP contribution in [-0.4, -0.2) is 18.5 Å². The number of nitrogens with one attached hydrogen (secondary N) is 2. The Morgan fingerprint density at radius 1 is 1.50 bits per heavy atom. The molecule has 1 aromatic heterocycles. The van der Waals surface area contributed by atoms with Crippen LogP contribution in [0.2, 0.25) is 0 Å². The zero-order valence-electron chi connectivity index (χ0n) is 9.21. The molecule has 2 N–H and O–H groups in total. The number of rotatable bonds is 3. The zero-order valence-corrected chi connectivity index (χ0v) is 10.0. The summed E-state index contributed by atoms with van der Waals surface area (Å²) in [7, 11) is 0. The standard InChI is InChI=1S/C12H16N2OS/c15-12-10-6-9(7-14-8-3-4-8)16-11(10)2-1-5-13-12/h6,8,14H,1-5,7H2,(H,13,15). The second-order valence-electron chi connectivity index (χ2n) is 4.56. The van der Waals surface area contributed by atoms with E-state index in [-0.39, 0.29) is 5.91 Å². The lowest BCUT2D eigenvalue weighted by Crippen LogP contribution is -2.22. The second-order valence-corrected chi connectivity index (χ2v) is 5.79. The number of carbonyl (C=O) groups is 1. The molecule has 1 saturated carbocycles. The highest BCUT2D eigenvalue weighted by atomic mass is 32.1. The summed E-state index contributed by atoms with van der Waals surface area (Å²) in [5, 5.41) is 6.43. The van der Waals surface area contributed by atoms with Crippen molar-refractivity contribution in [2.24, 2.45) is 0 Å². The van der Waals surface area contributed by atoms with Crippen molar-refractivity contribution in [3.63, 3.8) is 0 Å². The Hall–Kier alpha value is -0.870. The van der Waals surface area contributed by atoms with Gasteiger partial charge in [-0.3, -0.25) is 4.79 Å². The van der Waals surface area contributed by atoms with Crippen molar-refractivity contribution >= 4 is 17.2 Å². The monoisotopic (exact) mass is 236 g/mol. The van der Waals surface area contributed by atoms with Gasteiger partial charge in [0.15, 0.2) is 0 Å². The van der Waals surface area contributed by atoms with Crippen LogP contribution in [0.1, 0.15) is 39.4 Å². The van der Waals surface area contributed by atoms with E-state index in [0.29, 0.717) is 0 Å². The van der Waals surface area contributed by atoms with Crippen molar-refractivity contribution < 1.29 is 4.79 Å². The first-order valence-electron chi connectivity index (χ1n) is 5.96. The minimum absolute atomic E-state index is 0.112. The summed E-state index contributed by atoms with van der Waals surface area (Å²) in [4.78, 5) is 14.3. The van der Waals surface area contributed by atoms with Crippen LogP contribution in [0.4, 0.5) is 0 Å². The zero-order chi connectivity index (χ0) is 11.0. The quantitative estimate of drug-likeness (QED) is 0.838. The van der Waals surface area contributed by atoms with Crippen molar-refractivity contribution in [2.75, 3.05) is 6.54 Å². The average Bonchev–Trinajstić information content (AvgIpc) is 3.04. The third-order valence-corrected chi connectivity index (χ3v) is 4.31. The molecule has 1 aliphatic heterocycles. The number of hydrogen-bond acceptors (Lipinski definition) is 3. The van der Waals surface area contributed by atoms with Gasteiger partial charge < -0.3 is 10.6 Å². The molecule has 2 aliphatic rings.